The van der Waals surface area contributed by atoms with E-state index in [1.54, 1.807) is 23.1 Å². The van der Waals surface area contributed by atoms with Crippen LogP contribution in [0, 0.1) is 5.92 Å². The number of amides is 3. The lowest BCUT2D eigenvalue weighted by molar-refractivity contribution is -0.130. The van der Waals surface area contributed by atoms with Crippen molar-refractivity contribution < 1.29 is 9.59 Å². The maximum Gasteiger partial charge on any atom is 0.325 e. The number of rotatable bonds is 5. The van der Waals surface area contributed by atoms with E-state index in [-0.39, 0.29) is 18.5 Å². The lowest BCUT2D eigenvalue weighted by atomic mass is 9.99. The average Bonchev–Trinajstić information content (AvgIpc) is 3.15. The molecule has 2 saturated heterocycles. The van der Waals surface area contributed by atoms with Crippen molar-refractivity contribution in [1.29, 1.82) is 0 Å². The summed E-state index contributed by atoms with van der Waals surface area (Å²) < 4.78 is 0. The molecule has 5 nitrogen and oxygen atoms in total. The smallest absolute Gasteiger partial charge is 0.322 e. The first-order valence-corrected chi connectivity index (χ1v) is 9.69. The Morgan fingerprint density at radius 3 is 2.95 bits per heavy atom. The number of aromatic nitrogens is 1. The van der Waals surface area contributed by atoms with Crippen molar-refractivity contribution in [2.24, 2.45) is 5.92 Å². The zero-order valence-corrected chi connectivity index (χ0v) is 14.6. The molecule has 0 bridgehead atoms. The number of carbonyl (C=O) groups is 2. The zero-order chi connectivity index (χ0) is 15.7. The number of nitrogens with one attached hydrogen (secondary N) is 1. The predicted molar refractivity (Wildman–Crippen MR) is 89.0 cm³/mol. The van der Waals surface area contributed by atoms with Gasteiger partial charge in [0, 0.05) is 11.1 Å². The first kappa shape index (κ1) is 15.8. The van der Waals surface area contributed by atoms with Crippen molar-refractivity contribution in [3.63, 3.8) is 0 Å². The minimum Gasteiger partial charge on any atom is -0.322 e. The molecule has 0 unspecified atom stereocenters. The van der Waals surface area contributed by atoms with Crippen LogP contribution in [-0.4, -0.2) is 38.9 Å². The van der Waals surface area contributed by atoms with Crippen LogP contribution in [0.25, 0.3) is 0 Å². The molecule has 3 amide bonds. The Morgan fingerprint density at radius 2 is 2.27 bits per heavy atom. The lowest BCUT2D eigenvalue weighted by Gasteiger charge is -2.18. The van der Waals surface area contributed by atoms with Gasteiger partial charge < -0.3 is 5.32 Å². The molecule has 2 fully saturated rings. The molecule has 2 aliphatic rings. The van der Waals surface area contributed by atoms with Gasteiger partial charge in [-0.3, -0.25) is 9.69 Å². The fourth-order valence-electron chi connectivity index (χ4n) is 2.76. The molecule has 2 aliphatic heterocycles. The van der Waals surface area contributed by atoms with E-state index in [1.165, 1.54) is 4.90 Å². The summed E-state index contributed by atoms with van der Waals surface area (Å²) in [5.74, 6) is 2.18. The molecule has 3 rings (SSSR count). The minimum atomic E-state index is -0.655. The summed E-state index contributed by atoms with van der Waals surface area (Å²) in [4.78, 5) is 30.6. The average molecular weight is 339 g/mol. The summed E-state index contributed by atoms with van der Waals surface area (Å²) in [5, 5.41) is 5.94. The lowest BCUT2D eigenvalue weighted by Crippen LogP contribution is -2.46. The van der Waals surface area contributed by atoms with Gasteiger partial charge in [-0.15, -0.1) is 11.3 Å². The number of thiazole rings is 1. The van der Waals surface area contributed by atoms with Crippen molar-refractivity contribution in [3.05, 3.63) is 16.1 Å². The summed E-state index contributed by atoms with van der Waals surface area (Å²) in [6.07, 6.45) is 2.80. The highest BCUT2D eigenvalue weighted by molar-refractivity contribution is 7.99. The van der Waals surface area contributed by atoms with E-state index in [9.17, 15) is 9.59 Å². The van der Waals surface area contributed by atoms with E-state index in [4.69, 9.17) is 0 Å². The third-order valence-corrected chi connectivity index (χ3v) is 6.27. The highest BCUT2D eigenvalue weighted by Crippen LogP contribution is 2.34. The fourth-order valence-corrected chi connectivity index (χ4v) is 4.89. The normalized spacial score (nSPS) is 24.8. The summed E-state index contributed by atoms with van der Waals surface area (Å²) in [7, 11) is 0. The predicted octanol–water partition coefficient (Wildman–Crippen LogP) is 2.66. The Bertz CT molecular complexity index is 579. The van der Waals surface area contributed by atoms with Crippen molar-refractivity contribution in [1.82, 2.24) is 15.2 Å². The maximum absolute atomic E-state index is 12.6. The zero-order valence-electron chi connectivity index (χ0n) is 12.9. The van der Waals surface area contributed by atoms with E-state index in [0.29, 0.717) is 11.7 Å². The van der Waals surface area contributed by atoms with Gasteiger partial charge in [0.05, 0.1) is 17.2 Å². The Balaban J connectivity index is 1.65. The van der Waals surface area contributed by atoms with Gasteiger partial charge in [0.15, 0.2) is 0 Å². The van der Waals surface area contributed by atoms with Crippen molar-refractivity contribution in [2.45, 2.75) is 45.2 Å². The van der Waals surface area contributed by atoms with Gasteiger partial charge in [0.1, 0.15) is 5.54 Å². The largest absolute Gasteiger partial charge is 0.325 e. The molecular weight excluding hydrogens is 318 g/mol. The van der Waals surface area contributed by atoms with Gasteiger partial charge in [-0.05, 0) is 30.9 Å². The second-order valence-corrected chi connectivity index (χ2v) is 8.42. The van der Waals surface area contributed by atoms with Crippen LogP contribution < -0.4 is 5.32 Å². The minimum absolute atomic E-state index is 0.0840. The molecule has 120 valence electrons. The molecule has 1 atom stereocenters. The summed E-state index contributed by atoms with van der Waals surface area (Å²) in [5.41, 5.74) is 0.160. The number of hydrogen-bond acceptors (Lipinski definition) is 5. The van der Waals surface area contributed by atoms with Gasteiger partial charge in [-0.25, -0.2) is 9.78 Å². The Kier molecular flexibility index (Phi) is 4.45. The SMILES string of the molecule is CC(C)CCc1nc(CN2C(=O)N[C@@]3(CCSC3)C2=O)cs1. The van der Waals surface area contributed by atoms with Gasteiger partial charge in [0.25, 0.3) is 5.91 Å². The number of nitrogens with zero attached hydrogens (tertiary/aromatic N) is 2. The van der Waals surface area contributed by atoms with Gasteiger partial charge in [-0.2, -0.15) is 11.8 Å². The highest BCUT2D eigenvalue weighted by Gasteiger charge is 2.52. The number of aryl methyl sites for hydroxylation is 1. The number of carbonyl (C=O) groups excluding carboxylic acids is 2. The Labute approximate surface area is 138 Å². The van der Waals surface area contributed by atoms with Crippen LogP contribution >= 0.6 is 23.1 Å². The van der Waals surface area contributed by atoms with Crippen LogP contribution in [0.3, 0.4) is 0 Å². The molecule has 0 aliphatic carbocycles. The standard InChI is InChI=1S/C15H21N3O2S2/c1-10(2)3-4-12-16-11(8-22-12)7-18-13(19)15(17-14(18)20)5-6-21-9-15/h8,10H,3-7,9H2,1-2H3,(H,17,20)/t15-/m1/s1. The van der Waals surface area contributed by atoms with Gasteiger partial charge in [-0.1, -0.05) is 13.8 Å². The first-order chi connectivity index (χ1) is 10.5. The van der Waals surface area contributed by atoms with Crippen LogP contribution in [0.5, 0.6) is 0 Å². The molecular formula is C15H21N3O2S2. The Morgan fingerprint density at radius 1 is 1.45 bits per heavy atom. The van der Waals surface area contributed by atoms with Gasteiger partial charge in [0.2, 0.25) is 0 Å². The van der Waals surface area contributed by atoms with Crippen molar-refractivity contribution in [3.8, 4) is 0 Å². The quantitative estimate of drug-likeness (QED) is 0.838. The monoisotopic (exact) mass is 339 g/mol. The van der Waals surface area contributed by atoms with Crippen LogP contribution in [0.4, 0.5) is 4.79 Å². The van der Waals surface area contributed by atoms with Crippen molar-refractivity contribution in [2.75, 3.05) is 11.5 Å². The summed E-state index contributed by atoms with van der Waals surface area (Å²) in [6.45, 7) is 4.68. The third-order valence-electron chi connectivity index (χ3n) is 4.12. The Hall–Kier alpha value is -1.08. The second-order valence-electron chi connectivity index (χ2n) is 6.37. The van der Waals surface area contributed by atoms with E-state index in [1.807, 2.05) is 5.38 Å². The van der Waals surface area contributed by atoms with E-state index in [0.717, 1.165) is 35.7 Å². The van der Waals surface area contributed by atoms with E-state index >= 15 is 0 Å². The van der Waals surface area contributed by atoms with E-state index < -0.39 is 5.54 Å². The first-order valence-electron chi connectivity index (χ1n) is 7.65. The topological polar surface area (TPSA) is 62.3 Å². The molecule has 1 spiro atoms. The summed E-state index contributed by atoms with van der Waals surface area (Å²) >= 11 is 3.34. The molecule has 22 heavy (non-hydrogen) atoms. The molecule has 0 aromatic carbocycles. The van der Waals surface area contributed by atoms with Crippen molar-refractivity contribution >= 4 is 35.0 Å². The molecule has 0 saturated carbocycles. The van der Waals surface area contributed by atoms with E-state index in [2.05, 4.69) is 24.1 Å². The summed E-state index contributed by atoms with van der Waals surface area (Å²) in [6, 6.07) is -0.274. The molecule has 1 N–H and O–H groups in total. The number of hydrogen-bond donors (Lipinski definition) is 1. The highest BCUT2D eigenvalue weighted by atomic mass is 32.2. The number of thioether (sulfide) groups is 1. The molecule has 1 aromatic heterocycles. The van der Waals surface area contributed by atoms with Crippen LogP contribution in [0.15, 0.2) is 5.38 Å². The third kappa shape index (κ3) is 3.01. The number of urea groups is 1. The molecule has 3 heterocycles. The number of imide groups is 1. The van der Waals surface area contributed by atoms with Crippen LogP contribution in [0.1, 0.15) is 37.4 Å². The molecule has 0 radical (unpaired) electrons. The van der Waals surface area contributed by atoms with Crippen LogP contribution in [-0.2, 0) is 17.8 Å². The molecule has 7 heteroatoms. The fraction of sp³-hybridized carbons (Fsp3) is 0.667. The van der Waals surface area contributed by atoms with Gasteiger partial charge >= 0.3 is 6.03 Å². The maximum atomic E-state index is 12.6. The van der Waals surface area contributed by atoms with Crippen LogP contribution in [0.2, 0.25) is 0 Å². The second kappa shape index (κ2) is 6.20. The molecule has 1 aromatic rings.